The van der Waals surface area contributed by atoms with Crippen LogP contribution in [0.15, 0.2) is 170 Å². The second-order valence-electron chi connectivity index (χ2n) is 23.3. The Labute approximate surface area is 406 Å². The van der Waals surface area contributed by atoms with Crippen LogP contribution >= 0.6 is 0 Å². The monoisotopic (exact) mass is 886 g/mol. The minimum atomic E-state index is -0.154. The Bertz CT molecular complexity index is 3270. The molecule has 0 unspecified atom stereocenters. The van der Waals surface area contributed by atoms with Gasteiger partial charge in [-0.05, 0) is 163 Å². The summed E-state index contributed by atoms with van der Waals surface area (Å²) in [5, 5.41) is 0. The lowest BCUT2D eigenvalue weighted by atomic mass is 9.33. The van der Waals surface area contributed by atoms with Gasteiger partial charge in [0.2, 0.25) is 0 Å². The van der Waals surface area contributed by atoms with Gasteiger partial charge in [-0.2, -0.15) is 0 Å². The standard InChI is InChI=1S/C64H64BN3/c1-41-36-58-60-59(37-41)68(48-31-33-51-50-20-16-17-21-52(50)64(11,12)53(51)39-48)57-40-49(66(45-18-14-13-15-19-45)46-27-22-42(23-28-46)61(2,3)4)32-34-54(57)65(60)55-38-44(63(8,9)10)26-35-56(55)67(58)47-29-24-43(25-30-47)62(5,6)7/h13-40H,1-12H3. The molecule has 3 aliphatic rings. The predicted molar refractivity (Wildman–Crippen MR) is 294 cm³/mol. The molecule has 2 heterocycles. The van der Waals surface area contributed by atoms with Crippen molar-refractivity contribution in [3.8, 4) is 11.1 Å². The van der Waals surface area contributed by atoms with Crippen LogP contribution in [-0.2, 0) is 21.7 Å². The molecule has 0 atom stereocenters. The van der Waals surface area contributed by atoms with Crippen LogP contribution in [-0.4, -0.2) is 6.71 Å². The van der Waals surface area contributed by atoms with E-state index >= 15 is 0 Å². The Morgan fingerprint density at radius 2 is 0.941 bits per heavy atom. The van der Waals surface area contributed by atoms with Crippen molar-refractivity contribution in [2.24, 2.45) is 0 Å². The van der Waals surface area contributed by atoms with Gasteiger partial charge >= 0.3 is 0 Å². The van der Waals surface area contributed by atoms with Crippen molar-refractivity contribution in [1.82, 2.24) is 0 Å². The van der Waals surface area contributed by atoms with Gasteiger partial charge in [-0.3, -0.25) is 0 Å². The van der Waals surface area contributed by atoms with Crippen molar-refractivity contribution < 1.29 is 0 Å². The minimum absolute atomic E-state index is 0.00494. The number of para-hydroxylation sites is 1. The number of aryl methyl sites for hydroxylation is 1. The summed E-state index contributed by atoms with van der Waals surface area (Å²) >= 11 is 0. The molecule has 0 spiro atoms. The Hall–Kier alpha value is -6.78. The molecule has 11 rings (SSSR count). The highest BCUT2D eigenvalue weighted by Gasteiger charge is 2.45. The molecule has 0 saturated carbocycles. The first-order chi connectivity index (χ1) is 32.3. The second-order valence-corrected chi connectivity index (χ2v) is 23.3. The molecule has 68 heavy (non-hydrogen) atoms. The van der Waals surface area contributed by atoms with Gasteiger partial charge < -0.3 is 14.7 Å². The van der Waals surface area contributed by atoms with Gasteiger partial charge in [-0.15, -0.1) is 0 Å². The number of benzene rings is 8. The predicted octanol–water partition coefficient (Wildman–Crippen LogP) is 15.7. The first-order valence-corrected chi connectivity index (χ1v) is 24.6. The smallest absolute Gasteiger partial charge is 0.252 e. The van der Waals surface area contributed by atoms with E-state index in [9.17, 15) is 0 Å². The van der Waals surface area contributed by atoms with Gasteiger partial charge in [-0.1, -0.05) is 167 Å². The van der Waals surface area contributed by atoms with E-state index in [2.05, 4.69) is 268 Å². The molecule has 0 bridgehead atoms. The van der Waals surface area contributed by atoms with Gasteiger partial charge in [0.15, 0.2) is 0 Å². The largest absolute Gasteiger partial charge is 0.311 e. The van der Waals surface area contributed by atoms with Crippen LogP contribution in [0.3, 0.4) is 0 Å². The van der Waals surface area contributed by atoms with E-state index < -0.39 is 0 Å². The molecule has 0 fully saturated rings. The van der Waals surface area contributed by atoms with Crippen molar-refractivity contribution in [1.29, 1.82) is 0 Å². The Morgan fingerprint density at radius 3 is 1.59 bits per heavy atom. The van der Waals surface area contributed by atoms with Crippen molar-refractivity contribution in [3.63, 3.8) is 0 Å². The van der Waals surface area contributed by atoms with E-state index in [4.69, 9.17) is 0 Å². The number of hydrogen-bond donors (Lipinski definition) is 0. The molecular formula is C64H64BN3. The first kappa shape index (κ1) is 43.8. The van der Waals surface area contributed by atoms with E-state index in [1.165, 1.54) is 95.0 Å². The molecule has 4 heteroatoms. The Kier molecular flexibility index (Phi) is 9.90. The molecule has 8 aromatic carbocycles. The van der Waals surface area contributed by atoms with Crippen LogP contribution in [0.1, 0.15) is 110 Å². The Morgan fingerprint density at radius 1 is 0.412 bits per heavy atom. The molecule has 0 amide bonds. The maximum atomic E-state index is 2.60. The fourth-order valence-corrected chi connectivity index (χ4v) is 11.4. The number of anilines is 9. The third-order valence-electron chi connectivity index (χ3n) is 15.1. The summed E-state index contributed by atoms with van der Waals surface area (Å²) in [5.41, 5.74) is 25.2. The minimum Gasteiger partial charge on any atom is -0.311 e. The first-order valence-electron chi connectivity index (χ1n) is 24.6. The highest BCUT2D eigenvalue weighted by molar-refractivity contribution is 7.00. The lowest BCUT2D eigenvalue weighted by Crippen LogP contribution is -2.61. The van der Waals surface area contributed by atoms with Gasteiger partial charge in [0.25, 0.3) is 6.71 Å². The third-order valence-corrected chi connectivity index (χ3v) is 15.1. The molecule has 3 nitrogen and oxygen atoms in total. The van der Waals surface area contributed by atoms with Gasteiger partial charge in [0, 0.05) is 56.6 Å². The van der Waals surface area contributed by atoms with Crippen molar-refractivity contribution in [2.45, 2.75) is 105 Å². The lowest BCUT2D eigenvalue weighted by Gasteiger charge is -2.45. The number of fused-ring (bicyclic) bond motifs is 7. The average Bonchev–Trinajstić information content (AvgIpc) is 3.53. The maximum Gasteiger partial charge on any atom is 0.252 e. The molecule has 2 aliphatic heterocycles. The summed E-state index contributed by atoms with van der Waals surface area (Å²) in [7, 11) is 0. The van der Waals surface area contributed by atoms with Crippen molar-refractivity contribution >= 4 is 74.3 Å². The lowest BCUT2D eigenvalue weighted by molar-refractivity contribution is 0.590. The molecule has 338 valence electrons. The van der Waals surface area contributed by atoms with Crippen LogP contribution in [0, 0.1) is 6.92 Å². The molecular weight excluding hydrogens is 822 g/mol. The summed E-state index contributed by atoms with van der Waals surface area (Å²) < 4.78 is 0. The van der Waals surface area contributed by atoms with Crippen LogP contribution in [0.4, 0.5) is 51.2 Å². The summed E-state index contributed by atoms with van der Waals surface area (Å²) in [6, 6.07) is 65.1. The summed E-state index contributed by atoms with van der Waals surface area (Å²) in [4.78, 5) is 7.58. The van der Waals surface area contributed by atoms with Gasteiger partial charge in [-0.25, -0.2) is 0 Å². The van der Waals surface area contributed by atoms with Crippen LogP contribution < -0.4 is 31.1 Å². The van der Waals surface area contributed by atoms with Crippen LogP contribution in [0.25, 0.3) is 11.1 Å². The number of rotatable bonds is 5. The van der Waals surface area contributed by atoms with Crippen molar-refractivity contribution in [3.05, 3.63) is 203 Å². The summed E-state index contributed by atoms with van der Waals surface area (Å²) in [5.74, 6) is 0. The van der Waals surface area contributed by atoms with Crippen LogP contribution in [0.2, 0.25) is 0 Å². The Balaban J connectivity index is 1.20. The quantitative estimate of drug-likeness (QED) is 0.159. The molecule has 1 aliphatic carbocycles. The zero-order valence-electron chi connectivity index (χ0n) is 42.1. The zero-order valence-corrected chi connectivity index (χ0v) is 42.1. The molecule has 0 aromatic heterocycles. The van der Waals surface area contributed by atoms with Gasteiger partial charge in [0.1, 0.15) is 0 Å². The van der Waals surface area contributed by atoms with E-state index in [1.807, 2.05) is 0 Å². The normalized spacial score (nSPS) is 14.5. The summed E-state index contributed by atoms with van der Waals surface area (Å²) in [6.07, 6.45) is 0. The van der Waals surface area contributed by atoms with E-state index in [1.54, 1.807) is 0 Å². The fourth-order valence-electron chi connectivity index (χ4n) is 11.4. The van der Waals surface area contributed by atoms with Crippen molar-refractivity contribution in [2.75, 3.05) is 14.7 Å². The highest BCUT2D eigenvalue weighted by Crippen LogP contribution is 2.52. The zero-order chi connectivity index (χ0) is 47.7. The van der Waals surface area contributed by atoms with Gasteiger partial charge in [0.05, 0.1) is 0 Å². The molecule has 8 aromatic rings. The topological polar surface area (TPSA) is 9.72 Å². The third kappa shape index (κ3) is 7.01. The van der Waals surface area contributed by atoms with E-state index in [0.29, 0.717) is 0 Å². The molecule has 0 radical (unpaired) electrons. The number of hydrogen-bond acceptors (Lipinski definition) is 3. The maximum absolute atomic E-state index is 2.60. The number of nitrogens with zero attached hydrogens (tertiary/aromatic N) is 3. The van der Waals surface area contributed by atoms with E-state index in [-0.39, 0.29) is 28.4 Å². The average molecular weight is 886 g/mol. The second kappa shape index (κ2) is 15.4. The fraction of sp³-hybridized carbons (Fsp3) is 0.250. The van der Waals surface area contributed by atoms with Crippen LogP contribution in [0.5, 0.6) is 0 Å². The SMILES string of the molecule is Cc1cc2c3c(c1)N(c1ccc4c(c1)C(C)(C)c1ccccc1-4)c1cc(N(c4ccccc4)c4ccc(C(C)(C)C)cc4)ccc1B3c1cc(C(C)(C)C)ccc1N2c1ccc(C(C)(C)C)cc1. The molecule has 0 saturated heterocycles. The molecule has 0 N–H and O–H groups in total. The van der Waals surface area contributed by atoms with E-state index in [0.717, 1.165) is 17.1 Å². The highest BCUT2D eigenvalue weighted by atomic mass is 15.2. The summed E-state index contributed by atoms with van der Waals surface area (Å²) in [6.45, 7) is 27.8.